The first-order valence-electron chi connectivity index (χ1n) is 7.31. The lowest BCUT2D eigenvalue weighted by Crippen LogP contribution is -2.45. The number of benzene rings is 1. The molecule has 0 radical (unpaired) electrons. The minimum Gasteiger partial charge on any atom is -0.315 e. The molecular formula is C16H26N2. The van der Waals surface area contributed by atoms with Gasteiger partial charge in [0.2, 0.25) is 0 Å². The third-order valence-electron chi connectivity index (χ3n) is 4.09. The standard InChI is InChI=1S/C16H26N2/c1-3-14(2)18-11-7-10-17-13-16(18)12-15-8-5-4-6-9-15/h4-6,8-9,14,16-17H,3,7,10-13H2,1-2H3. The normalized spacial score (nSPS) is 23.6. The van der Waals surface area contributed by atoms with Gasteiger partial charge < -0.3 is 5.32 Å². The maximum atomic E-state index is 3.58. The van der Waals surface area contributed by atoms with E-state index in [2.05, 4.69) is 54.4 Å². The van der Waals surface area contributed by atoms with Crippen LogP contribution >= 0.6 is 0 Å². The Hall–Kier alpha value is -0.860. The summed E-state index contributed by atoms with van der Waals surface area (Å²) in [4.78, 5) is 2.70. The van der Waals surface area contributed by atoms with Crippen molar-refractivity contribution < 1.29 is 0 Å². The first kappa shape index (κ1) is 13.6. The van der Waals surface area contributed by atoms with Gasteiger partial charge in [-0.1, -0.05) is 37.3 Å². The predicted molar refractivity (Wildman–Crippen MR) is 77.9 cm³/mol. The van der Waals surface area contributed by atoms with Crippen LogP contribution in [-0.2, 0) is 6.42 Å². The average Bonchev–Trinajstić information content (AvgIpc) is 2.64. The molecule has 0 spiro atoms. The molecule has 2 unspecified atom stereocenters. The van der Waals surface area contributed by atoms with Gasteiger partial charge in [0.05, 0.1) is 0 Å². The summed E-state index contributed by atoms with van der Waals surface area (Å²) in [6, 6.07) is 12.2. The van der Waals surface area contributed by atoms with Crippen LogP contribution in [0.15, 0.2) is 30.3 Å². The first-order chi connectivity index (χ1) is 8.81. The van der Waals surface area contributed by atoms with Crippen molar-refractivity contribution >= 4 is 0 Å². The van der Waals surface area contributed by atoms with E-state index in [-0.39, 0.29) is 0 Å². The second kappa shape index (κ2) is 6.91. The molecule has 0 saturated carbocycles. The van der Waals surface area contributed by atoms with Crippen LogP contribution in [0.2, 0.25) is 0 Å². The second-order valence-corrected chi connectivity index (χ2v) is 5.40. The Labute approximate surface area is 111 Å². The minimum atomic E-state index is 0.643. The van der Waals surface area contributed by atoms with Gasteiger partial charge in [0, 0.05) is 18.6 Å². The van der Waals surface area contributed by atoms with Gasteiger partial charge in [-0.3, -0.25) is 4.90 Å². The van der Waals surface area contributed by atoms with Crippen molar-refractivity contribution in [3.8, 4) is 0 Å². The Kier molecular flexibility index (Phi) is 5.21. The fourth-order valence-corrected chi connectivity index (χ4v) is 2.85. The summed E-state index contributed by atoms with van der Waals surface area (Å²) in [7, 11) is 0. The molecule has 1 aliphatic rings. The number of nitrogens with zero attached hydrogens (tertiary/aromatic N) is 1. The Morgan fingerprint density at radius 1 is 1.33 bits per heavy atom. The molecule has 0 aliphatic carbocycles. The molecule has 100 valence electrons. The summed E-state index contributed by atoms with van der Waals surface area (Å²) in [6.45, 7) is 8.18. The zero-order valence-electron chi connectivity index (χ0n) is 11.7. The van der Waals surface area contributed by atoms with Crippen LogP contribution in [0.25, 0.3) is 0 Å². The molecule has 2 nitrogen and oxygen atoms in total. The Bertz CT molecular complexity index is 336. The molecular weight excluding hydrogens is 220 g/mol. The molecule has 1 fully saturated rings. The van der Waals surface area contributed by atoms with E-state index in [1.807, 2.05) is 0 Å². The van der Waals surface area contributed by atoms with E-state index >= 15 is 0 Å². The van der Waals surface area contributed by atoms with E-state index in [0.29, 0.717) is 12.1 Å². The molecule has 1 saturated heterocycles. The number of hydrogen-bond donors (Lipinski definition) is 1. The smallest absolute Gasteiger partial charge is 0.0263 e. The highest BCUT2D eigenvalue weighted by atomic mass is 15.2. The van der Waals surface area contributed by atoms with Gasteiger partial charge in [-0.05, 0) is 44.8 Å². The van der Waals surface area contributed by atoms with Crippen LogP contribution in [-0.4, -0.2) is 36.6 Å². The average molecular weight is 246 g/mol. The molecule has 0 amide bonds. The highest BCUT2D eigenvalue weighted by Crippen LogP contribution is 2.16. The maximum absolute atomic E-state index is 3.58. The Balaban J connectivity index is 2.06. The van der Waals surface area contributed by atoms with Gasteiger partial charge in [0.15, 0.2) is 0 Å². The quantitative estimate of drug-likeness (QED) is 0.878. The van der Waals surface area contributed by atoms with Gasteiger partial charge in [-0.2, -0.15) is 0 Å². The van der Waals surface area contributed by atoms with Crippen molar-refractivity contribution in [1.82, 2.24) is 10.2 Å². The molecule has 1 heterocycles. The second-order valence-electron chi connectivity index (χ2n) is 5.40. The summed E-state index contributed by atoms with van der Waals surface area (Å²) in [5.41, 5.74) is 1.46. The molecule has 2 atom stereocenters. The van der Waals surface area contributed by atoms with Gasteiger partial charge in [0.1, 0.15) is 0 Å². The molecule has 2 rings (SSSR count). The van der Waals surface area contributed by atoms with Crippen molar-refractivity contribution in [3.05, 3.63) is 35.9 Å². The number of rotatable bonds is 4. The number of nitrogens with one attached hydrogen (secondary N) is 1. The summed E-state index contributed by atoms with van der Waals surface area (Å²) in [5.74, 6) is 0. The zero-order valence-corrected chi connectivity index (χ0v) is 11.7. The monoisotopic (exact) mass is 246 g/mol. The van der Waals surface area contributed by atoms with Crippen molar-refractivity contribution in [3.63, 3.8) is 0 Å². The highest BCUT2D eigenvalue weighted by molar-refractivity contribution is 5.16. The van der Waals surface area contributed by atoms with Gasteiger partial charge in [-0.25, -0.2) is 0 Å². The third-order valence-corrected chi connectivity index (χ3v) is 4.09. The van der Waals surface area contributed by atoms with E-state index in [9.17, 15) is 0 Å². The first-order valence-corrected chi connectivity index (χ1v) is 7.31. The minimum absolute atomic E-state index is 0.643. The van der Waals surface area contributed by atoms with Crippen LogP contribution in [0.4, 0.5) is 0 Å². The lowest BCUT2D eigenvalue weighted by molar-refractivity contribution is 0.149. The van der Waals surface area contributed by atoms with Gasteiger partial charge >= 0.3 is 0 Å². The molecule has 0 bridgehead atoms. The van der Waals surface area contributed by atoms with Crippen molar-refractivity contribution in [2.45, 2.75) is 45.2 Å². The van der Waals surface area contributed by atoms with Crippen LogP contribution < -0.4 is 5.32 Å². The van der Waals surface area contributed by atoms with E-state index < -0.39 is 0 Å². The highest BCUT2D eigenvalue weighted by Gasteiger charge is 2.24. The largest absolute Gasteiger partial charge is 0.315 e. The molecule has 1 N–H and O–H groups in total. The molecule has 1 aromatic carbocycles. The summed E-state index contributed by atoms with van der Waals surface area (Å²) < 4.78 is 0. The molecule has 2 heteroatoms. The number of hydrogen-bond acceptors (Lipinski definition) is 2. The van der Waals surface area contributed by atoms with E-state index in [1.165, 1.54) is 24.9 Å². The summed E-state index contributed by atoms with van der Waals surface area (Å²) in [6.07, 6.45) is 3.68. The molecule has 18 heavy (non-hydrogen) atoms. The van der Waals surface area contributed by atoms with Gasteiger partial charge in [-0.15, -0.1) is 0 Å². The lowest BCUT2D eigenvalue weighted by Gasteiger charge is -2.34. The van der Waals surface area contributed by atoms with Gasteiger partial charge in [0.25, 0.3) is 0 Å². The summed E-state index contributed by atoms with van der Waals surface area (Å²) >= 11 is 0. The molecule has 1 aliphatic heterocycles. The van der Waals surface area contributed by atoms with Crippen molar-refractivity contribution in [2.24, 2.45) is 0 Å². The SMILES string of the molecule is CCC(C)N1CCCNCC1Cc1ccccc1. The van der Waals surface area contributed by atoms with Crippen LogP contribution in [0.3, 0.4) is 0 Å². The van der Waals surface area contributed by atoms with E-state index in [0.717, 1.165) is 19.5 Å². The molecule has 0 aromatic heterocycles. The topological polar surface area (TPSA) is 15.3 Å². The Morgan fingerprint density at radius 3 is 2.83 bits per heavy atom. The van der Waals surface area contributed by atoms with Crippen molar-refractivity contribution in [1.29, 1.82) is 0 Å². The van der Waals surface area contributed by atoms with E-state index in [1.54, 1.807) is 0 Å². The van der Waals surface area contributed by atoms with Crippen LogP contribution in [0, 0.1) is 0 Å². The summed E-state index contributed by atoms with van der Waals surface area (Å²) in [5, 5.41) is 3.58. The van der Waals surface area contributed by atoms with Crippen LogP contribution in [0.1, 0.15) is 32.3 Å². The lowest BCUT2D eigenvalue weighted by atomic mass is 10.0. The fraction of sp³-hybridized carbons (Fsp3) is 0.625. The fourth-order valence-electron chi connectivity index (χ4n) is 2.85. The predicted octanol–water partition coefficient (Wildman–Crippen LogP) is 2.69. The Morgan fingerprint density at radius 2 is 2.11 bits per heavy atom. The maximum Gasteiger partial charge on any atom is 0.0263 e. The van der Waals surface area contributed by atoms with Crippen LogP contribution in [0.5, 0.6) is 0 Å². The van der Waals surface area contributed by atoms with E-state index in [4.69, 9.17) is 0 Å². The molecule has 1 aromatic rings. The third kappa shape index (κ3) is 3.56. The van der Waals surface area contributed by atoms with Crippen molar-refractivity contribution in [2.75, 3.05) is 19.6 Å². The zero-order chi connectivity index (χ0) is 12.8.